The van der Waals surface area contributed by atoms with E-state index in [1.807, 2.05) is 0 Å². The number of amidine groups is 1. The molecule has 0 saturated carbocycles. The first-order valence-corrected chi connectivity index (χ1v) is 7.69. The number of nitrogens with zero attached hydrogens (tertiary/aromatic N) is 5. The van der Waals surface area contributed by atoms with E-state index in [-0.39, 0.29) is 18.1 Å². The summed E-state index contributed by atoms with van der Waals surface area (Å²) in [6.45, 7) is 0.237. The maximum absolute atomic E-state index is 14.4. The zero-order valence-corrected chi connectivity index (χ0v) is 13.4. The summed E-state index contributed by atoms with van der Waals surface area (Å²) in [4.78, 5) is 24.6. The molecule has 1 aliphatic rings. The number of aryl methyl sites for hydroxylation is 1. The fourth-order valence-electron chi connectivity index (χ4n) is 3.03. The molecule has 1 atom stereocenters. The van der Waals surface area contributed by atoms with Crippen LogP contribution in [0.5, 0.6) is 0 Å². The van der Waals surface area contributed by atoms with E-state index in [1.54, 1.807) is 37.8 Å². The Labute approximate surface area is 142 Å². The number of benzene rings is 1. The predicted octanol–water partition coefficient (Wildman–Crippen LogP) is 1.24. The second-order valence-corrected chi connectivity index (χ2v) is 5.91. The normalized spacial score (nSPS) is 16.4. The average molecular weight is 338 g/mol. The lowest BCUT2D eigenvalue weighted by molar-refractivity contribution is 0.509. The Morgan fingerprint density at radius 1 is 1.24 bits per heavy atom. The summed E-state index contributed by atoms with van der Waals surface area (Å²) in [5.74, 6) is -0.170. The highest BCUT2D eigenvalue weighted by atomic mass is 19.1. The molecule has 0 saturated heterocycles. The number of rotatable bonds is 2. The van der Waals surface area contributed by atoms with Crippen LogP contribution in [0, 0.1) is 5.82 Å². The molecule has 0 amide bonds. The van der Waals surface area contributed by atoms with Crippen LogP contribution in [0.1, 0.15) is 17.3 Å². The molecule has 126 valence electrons. The third-order valence-corrected chi connectivity index (χ3v) is 4.30. The van der Waals surface area contributed by atoms with Gasteiger partial charge in [0.15, 0.2) is 0 Å². The molecular formula is C17H15FN6O. The van der Waals surface area contributed by atoms with E-state index in [4.69, 9.17) is 5.73 Å². The van der Waals surface area contributed by atoms with Crippen molar-refractivity contribution in [3.05, 3.63) is 70.7 Å². The molecule has 2 N–H and O–H groups in total. The van der Waals surface area contributed by atoms with E-state index >= 15 is 0 Å². The lowest BCUT2D eigenvalue weighted by Gasteiger charge is -2.21. The Kier molecular flexibility index (Phi) is 3.45. The van der Waals surface area contributed by atoms with Crippen molar-refractivity contribution in [2.75, 3.05) is 0 Å². The van der Waals surface area contributed by atoms with Gasteiger partial charge in [0.25, 0.3) is 0 Å². The predicted molar refractivity (Wildman–Crippen MR) is 90.6 cm³/mol. The lowest BCUT2D eigenvalue weighted by atomic mass is 9.99. The molecule has 8 heteroatoms. The zero-order valence-electron chi connectivity index (χ0n) is 13.4. The van der Waals surface area contributed by atoms with Crippen LogP contribution in [-0.4, -0.2) is 24.9 Å². The number of hydrogen-bond donors (Lipinski definition) is 1. The number of fused-ring (bicyclic) bond motifs is 1. The van der Waals surface area contributed by atoms with Crippen LogP contribution >= 0.6 is 0 Å². The van der Waals surface area contributed by atoms with E-state index in [0.29, 0.717) is 11.3 Å². The van der Waals surface area contributed by atoms with Crippen molar-refractivity contribution in [2.24, 2.45) is 17.8 Å². The molecule has 3 heterocycles. The zero-order chi connectivity index (χ0) is 17.6. The number of aliphatic imine (C=N–C) groups is 1. The standard InChI is InChI=1S/C17H15FN6O/c1-23-8-15-16(19)22-14(7-24(15)17(23)25)12-4-10(2-3-13(12)18)11-5-20-9-21-6-11/h2-6,8-9,14H,7H2,1H3,(H2,19,22). The van der Waals surface area contributed by atoms with Gasteiger partial charge in [0.05, 0.1) is 12.6 Å². The highest BCUT2D eigenvalue weighted by Crippen LogP contribution is 2.30. The van der Waals surface area contributed by atoms with Gasteiger partial charge in [0, 0.05) is 36.8 Å². The molecule has 0 fully saturated rings. The molecule has 25 heavy (non-hydrogen) atoms. The van der Waals surface area contributed by atoms with Gasteiger partial charge in [-0.25, -0.2) is 19.2 Å². The molecule has 0 radical (unpaired) electrons. The van der Waals surface area contributed by atoms with Crippen LogP contribution in [0.2, 0.25) is 0 Å². The van der Waals surface area contributed by atoms with Crippen molar-refractivity contribution in [1.82, 2.24) is 19.1 Å². The third-order valence-electron chi connectivity index (χ3n) is 4.30. The van der Waals surface area contributed by atoms with Crippen molar-refractivity contribution in [3.8, 4) is 11.1 Å². The van der Waals surface area contributed by atoms with Crippen LogP contribution in [0.3, 0.4) is 0 Å². The fourth-order valence-corrected chi connectivity index (χ4v) is 3.03. The van der Waals surface area contributed by atoms with Crippen LogP contribution in [-0.2, 0) is 13.6 Å². The summed E-state index contributed by atoms with van der Waals surface area (Å²) in [6, 6.07) is 4.17. The first-order valence-electron chi connectivity index (χ1n) is 7.69. The largest absolute Gasteiger partial charge is 0.382 e. The highest BCUT2D eigenvalue weighted by molar-refractivity contribution is 5.96. The maximum atomic E-state index is 14.4. The number of nitrogens with two attached hydrogens (primary N) is 1. The summed E-state index contributed by atoms with van der Waals surface area (Å²) < 4.78 is 17.4. The maximum Gasteiger partial charge on any atom is 0.328 e. The number of aromatic nitrogens is 4. The number of halogens is 1. The van der Waals surface area contributed by atoms with E-state index in [1.165, 1.54) is 21.5 Å². The quantitative estimate of drug-likeness (QED) is 0.761. The molecule has 0 spiro atoms. The highest BCUT2D eigenvalue weighted by Gasteiger charge is 2.25. The minimum Gasteiger partial charge on any atom is -0.382 e. The van der Waals surface area contributed by atoms with E-state index in [2.05, 4.69) is 15.0 Å². The molecule has 1 unspecified atom stereocenters. The van der Waals surface area contributed by atoms with Crippen molar-refractivity contribution >= 4 is 5.84 Å². The smallest absolute Gasteiger partial charge is 0.328 e. The summed E-state index contributed by atoms with van der Waals surface area (Å²) in [5, 5.41) is 0. The molecule has 0 bridgehead atoms. The Balaban J connectivity index is 1.79. The summed E-state index contributed by atoms with van der Waals surface area (Å²) >= 11 is 0. The van der Waals surface area contributed by atoms with Crippen LogP contribution in [0.25, 0.3) is 11.1 Å². The number of imidazole rings is 1. The van der Waals surface area contributed by atoms with Gasteiger partial charge in [0.2, 0.25) is 0 Å². The van der Waals surface area contributed by atoms with Crippen LogP contribution in [0.15, 0.2) is 52.9 Å². The topological polar surface area (TPSA) is 91.1 Å². The fraction of sp³-hybridized carbons (Fsp3) is 0.176. The monoisotopic (exact) mass is 338 g/mol. The summed E-state index contributed by atoms with van der Waals surface area (Å²) in [6.07, 6.45) is 6.37. The van der Waals surface area contributed by atoms with Gasteiger partial charge in [-0.1, -0.05) is 6.07 Å². The Morgan fingerprint density at radius 3 is 2.76 bits per heavy atom. The minimum absolute atomic E-state index is 0.203. The molecule has 4 rings (SSSR count). The minimum atomic E-state index is -0.572. The molecule has 1 aliphatic heterocycles. The van der Waals surface area contributed by atoms with Gasteiger partial charge < -0.3 is 10.3 Å². The van der Waals surface area contributed by atoms with E-state index in [0.717, 1.165) is 11.1 Å². The molecule has 3 aromatic rings. The Bertz CT molecular complexity index is 1040. The van der Waals surface area contributed by atoms with Gasteiger partial charge in [-0.2, -0.15) is 0 Å². The molecule has 0 aliphatic carbocycles. The van der Waals surface area contributed by atoms with Crippen LogP contribution in [0.4, 0.5) is 4.39 Å². The SMILES string of the molecule is Cn1cc2n(c1=O)CC(c1cc(-c3cncnc3)ccc1F)N=C2N. The number of hydrogen-bond acceptors (Lipinski definition) is 5. The lowest BCUT2D eigenvalue weighted by Crippen LogP contribution is -2.33. The van der Waals surface area contributed by atoms with Crippen molar-refractivity contribution < 1.29 is 4.39 Å². The molecular weight excluding hydrogens is 323 g/mol. The average Bonchev–Trinajstić information content (AvgIpc) is 2.92. The molecule has 2 aromatic heterocycles. The van der Waals surface area contributed by atoms with Crippen molar-refractivity contribution in [2.45, 2.75) is 12.6 Å². The second kappa shape index (κ2) is 5.66. The van der Waals surface area contributed by atoms with E-state index in [9.17, 15) is 9.18 Å². The Morgan fingerprint density at radius 2 is 2.00 bits per heavy atom. The van der Waals surface area contributed by atoms with Crippen molar-refractivity contribution in [1.29, 1.82) is 0 Å². The van der Waals surface area contributed by atoms with Crippen molar-refractivity contribution in [3.63, 3.8) is 0 Å². The summed E-state index contributed by atoms with van der Waals surface area (Å²) in [7, 11) is 1.65. The van der Waals surface area contributed by atoms with E-state index < -0.39 is 11.9 Å². The second-order valence-electron chi connectivity index (χ2n) is 5.91. The molecule has 1 aromatic carbocycles. The first kappa shape index (κ1) is 15.3. The summed E-state index contributed by atoms with van der Waals surface area (Å²) in [5.41, 5.74) is 8.27. The van der Waals surface area contributed by atoms with Crippen LogP contribution < -0.4 is 11.4 Å². The van der Waals surface area contributed by atoms with Gasteiger partial charge in [-0.3, -0.25) is 9.56 Å². The van der Waals surface area contributed by atoms with Gasteiger partial charge in [-0.15, -0.1) is 0 Å². The van der Waals surface area contributed by atoms with Gasteiger partial charge in [-0.05, 0) is 17.7 Å². The first-order chi connectivity index (χ1) is 12.0. The Hall–Kier alpha value is -3.29. The third kappa shape index (κ3) is 2.51. The molecule has 7 nitrogen and oxygen atoms in total. The van der Waals surface area contributed by atoms with Gasteiger partial charge >= 0.3 is 5.69 Å². The van der Waals surface area contributed by atoms with Gasteiger partial charge in [0.1, 0.15) is 23.7 Å².